The van der Waals surface area contributed by atoms with Gasteiger partial charge >= 0.3 is 0 Å². The highest BCUT2D eigenvalue weighted by Crippen LogP contribution is 2.25. The summed E-state index contributed by atoms with van der Waals surface area (Å²) in [6, 6.07) is 5.17. The SMILES string of the molecule is CCOc1ccc2c(c1)sc(=NC(=O)C1CCCCN1S(C)(=O)=O)n2CCSC. The van der Waals surface area contributed by atoms with Crippen molar-refractivity contribution in [3.8, 4) is 5.75 Å². The van der Waals surface area contributed by atoms with Gasteiger partial charge in [-0.3, -0.25) is 4.79 Å². The van der Waals surface area contributed by atoms with Crippen LogP contribution in [0.1, 0.15) is 26.2 Å². The number of piperidine rings is 1. The molecule has 1 atom stereocenters. The third kappa shape index (κ3) is 5.22. The lowest BCUT2D eigenvalue weighted by Gasteiger charge is -2.31. The van der Waals surface area contributed by atoms with E-state index in [4.69, 9.17) is 4.74 Å². The Bertz CT molecular complexity index is 1040. The van der Waals surface area contributed by atoms with Crippen molar-refractivity contribution < 1.29 is 17.9 Å². The maximum Gasteiger partial charge on any atom is 0.266 e. The fourth-order valence-electron chi connectivity index (χ4n) is 3.51. The van der Waals surface area contributed by atoms with E-state index in [1.165, 1.54) is 15.6 Å². The van der Waals surface area contributed by atoms with Crippen molar-refractivity contribution in [2.24, 2.45) is 4.99 Å². The van der Waals surface area contributed by atoms with E-state index >= 15 is 0 Å². The van der Waals surface area contributed by atoms with E-state index in [2.05, 4.69) is 4.99 Å². The largest absolute Gasteiger partial charge is 0.494 e. The van der Waals surface area contributed by atoms with Gasteiger partial charge in [0.1, 0.15) is 11.8 Å². The van der Waals surface area contributed by atoms with Crippen molar-refractivity contribution in [2.45, 2.75) is 38.8 Å². The molecule has 0 N–H and O–H groups in total. The van der Waals surface area contributed by atoms with E-state index in [0.29, 0.717) is 24.4 Å². The van der Waals surface area contributed by atoms with Gasteiger partial charge in [0.05, 0.1) is 23.1 Å². The average molecular weight is 458 g/mol. The van der Waals surface area contributed by atoms with Crippen molar-refractivity contribution >= 4 is 49.2 Å². The standard InChI is InChI=1S/C19H27N3O4S3/c1-4-26-14-8-9-15-17(13-14)28-19(21(15)11-12-27-2)20-18(23)16-7-5-6-10-22(16)29(3,24)25/h8-9,13,16H,4-7,10-12H2,1-3H3. The second-order valence-corrected chi connectivity index (χ2v) is 10.9. The number of nitrogens with zero attached hydrogens (tertiary/aromatic N) is 3. The van der Waals surface area contributed by atoms with Gasteiger partial charge in [-0.05, 0) is 44.2 Å². The molecule has 10 heteroatoms. The smallest absolute Gasteiger partial charge is 0.266 e. The zero-order valence-corrected chi connectivity index (χ0v) is 19.4. The van der Waals surface area contributed by atoms with Gasteiger partial charge in [0.2, 0.25) is 10.0 Å². The summed E-state index contributed by atoms with van der Waals surface area (Å²) in [5.41, 5.74) is 1.00. The van der Waals surface area contributed by atoms with Gasteiger partial charge in [-0.1, -0.05) is 17.8 Å². The van der Waals surface area contributed by atoms with Crippen LogP contribution >= 0.6 is 23.1 Å². The monoisotopic (exact) mass is 457 g/mol. The molecule has 0 aliphatic carbocycles. The molecule has 160 valence electrons. The van der Waals surface area contributed by atoms with Crippen LogP contribution in [0.25, 0.3) is 10.2 Å². The van der Waals surface area contributed by atoms with E-state index in [-0.39, 0.29) is 5.91 Å². The highest BCUT2D eigenvalue weighted by Gasteiger charge is 2.34. The van der Waals surface area contributed by atoms with Crippen LogP contribution in [-0.4, -0.2) is 60.7 Å². The van der Waals surface area contributed by atoms with E-state index < -0.39 is 16.1 Å². The summed E-state index contributed by atoms with van der Waals surface area (Å²) in [5.74, 6) is 1.29. The summed E-state index contributed by atoms with van der Waals surface area (Å²) < 4.78 is 34.2. The van der Waals surface area contributed by atoms with Crippen LogP contribution in [0.2, 0.25) is 0 Å². The lowest BCUT2D eigenvalue weighted by molar-refractivity contribution is -0.122. The molecule has 2 heterocycles. The fraction of sp³-hybridized carbons (Fsp3) is 0.579. The maximum atomic E-state index is 13.0. The molecule has 29 heavy (non-hydrogen) atoms. The number of ether oxygens (including phenoxy) is 1. The number of rotatable bonds is 7. The maximum absolute atomic E-state index is 13.0. The van der Waals surface area contributed by atoms with Crippen LogP contribution < -0.4 is 9.54 Å². The number of aryl methyl sites for hydroxylation is 1. The molecule has 0 bridgehead atoms. The zero-order chi connectivity index (χ0) is 21.0. The van der Waals surface area contributed by atoms with Crippen molar-refractivity contribution in [3.05, 3.63) is 23.0 Å². The molecule has 0 radical (unpaired) electrons. The third-order valence-electron chi connectivity index (χ3n) is 4.85. The Labute approximate surface area is 179 Å². The van der Waals surface area contributed by atoms with Gasteiger partial charge in [0.15, 0.2) is 4.80 Å². The second kappa shape index (κ2) is 9.63. The summed E-state index contributed by atoms with van der Waals surface area (Å²) in [6.07, 6.45) is 5.31. The Kier molecular flexibility index (Phi) is 7.42. The minimum Gasteiger partial charge on any atom is -0.494 e. The van der Waals surface area contributed by atoms with E-state index in [1.54, 1.807) is 11.8 Å². The van der Waals surface area contributed by atoms with Crippen LogP contribution in [0, 0.1) is 0 Å². The second-order valence-electron chi connectivity index (χ2n) is 6.93. The fourth-order valence-corrected chi connectivity index (χ4v) is 6.09. The summed E-state index contributed by atoms with van der Waals surface area (Å²) in [7, 11) is -3.44. The number of carbonyl (C=O) groups excluding carboxylic acids is 1. The van der Waals surface area contributed by atoms with E-state index in [1.807, 2.05) is 35.9 Å². The molecule has 1 aromatic heterocycles. The molecule has 1 aliphatic heterocycles. The van der Waals surface area contributed by atoms with Crippen LogP contribution in [0.4, 0.5) is 0 Å². The van der Waals surface area contributed by atoms with Crippen molar-refractivity contribution in [1.29, 1.82) is 0 Å². The topological polar surface area (TPSA) is 81.0 Å². The molecule has 2 aromatic rings. The molecule has 1 fully saturated rings. The number of thiazole rings is 1. The van der Waals surface area contributed by atoms with Gasteiger partial charge in [0.25, 0.3) is 5.91 Å². The lowest BCUT2D eigenvalue weighted by atomic mass is 10.0. The van der Waals surface area contributed by atoms with Crippen LogP contribution in [-0.2, 0) is 21.4 Å². The lowest BCUT2D eigenvalue weighted by Crippen LogP contribution is -2.47. The minimum atomic E-state index is -3.44. The number of carbonyl (C=O) groups is 1. The summed E-state index contributed by atoms with van der Waals surface area (Å²) in [5, 5.41) is 0. The van der Waals surface area contributed by atoms with Crippen LogP contribution in [0.3, 0.4) is 0 Å². The molecule has 1 saturated heterocycles. The highest BCUT2D eigenvalue weighted by molar-refractivity contribution is 7.98. The molecule has 3 rings (SSSR count). The molecule has 1 unspecified atom stereocenters. The number of hydrogen-bond acceptors (Lipinski definition) is 6. The predicted octanol–water partition coefficient (Wildman–Crippen LogP) is 2.71. The highest BCUT2D eigenvalue weighted by atomic mass is 32.2. The first-order valence-electron chi connectivity index (χ1n) is 9.65. The molecule has 1 amide bonds. The Morgan fingerprint density at radius 1 is 1.38 bits per heavy atom. The van der Waals surface area contributed by atoms with Gasteiger partial charge < -0.3 is 9.30 Å². The van der Waals surface area contributed by atoms with Crippen LogP contribution in [0.5, 0.6) is 5.75 Å². The number of benzene rings is 1. The quantitative estimate of drug-likeness (QED) is 0.639. The molecule has 1 aromatic carbocycles. The first-order chi connectivity index (χ1) is 13.8. The summed E-state index contributed by atoms with van der Waals surface area (Å²) in [4.78, 5) is 18.0. The number of sulfonamides is 1. The molecule has 0 saturated carbocycles. The number of amides is 1. The van der Waals surface area contributed by atoms with Gasteiger partial charge in [-0.15, -0.1) is 0 Å². The molecule has 1 aliphatic rings. The first-order valence-corrected chi connectivity index (χ1v) is 13.7. The van der Waals surface area contributed by atoms with Crippen LogP contribution in [0.15, 0.2) is 23.2 Å². The third-order valence-corrected chi connectivity index (χ3v) is 7.78. The number of hydrogen-bond donors (Lipinski definition) is 0. The Morgan fingerprint density at radius 2 is 2.17 bits per heavy atom. The van der Waals surface area contributed by atoms with Crippen molar-refractivity contribution in [3.63, 3.8) is 0 Å². The van der Waals surface area contributed by atoms with Gasteiger partial charge in [0, 0.05) is 18.8 Å². The van der Waals surface area contributed by atoms with E-state index in [0.717, 1.165) is 47.4 Å². The molecular formula is C19H27N3O4S3. The molecule has 7 nitrogen and oxygen atoms in total. The molecule has 0 spiro atoms. The Morgan fingerprint density at radius 3 is 2.86 bits per heavy atom. The van der Waals surface area contributed by atoms with Gasteiger partial charge in [-0.2, -0.15) is 21.1 Å². The first kappa shape index (κ1) is 22.3. The molecular weight excluding hydrogens is 430 g/mol. The normalized spacial score (nSPS) is 19.0. The summed E-state index contributed by atoms with van der Waals surface area (Å²) >= 11 is 3.16. The Hall–Kier alpha value is -1.36. The number of fused-ring (bicyclic) bond motifs is 1. The van der Waals surface area contributed by atoms with E-state index in [9.17, 15) is 13.2 Å². The van der Waals surface area contributed by atoms with Gasteiger partial charge in [-0.25, -0.2) is 8.42 Å². The zero-order valence-electron chi connectivity index (χ0n) is 17.0. The average Bonchev–Trinajstić information content (AvgIpc) is 3.02. The van der Waals surface area contributed by atoms with Crippen molar-refractivity contribution in [2.75, 3.05) is 31.4 Å². The number of thioether (sulfide) groups is 1. The number of aromatic nitrogens is 1. The predicted molar refractivity (Wildman–Crippen MR) is 119 cm³/mol. The minimum absolute atomic E-state index is 0.376. The van der Waals surface area contributed by atoms with Crippen molar-refractivity contribution in [1.82, 2.24) is 8.87 Å². The Balaban J connectivity index is 2.03. The summed E-state index contributed by atoms with van der Waals surface area (Å²) in [6.45, 7) is 3.62.